The first-order valence-electron chi connectivity index (χ1n) is 5.12. The number of rotatable bonds is 5. The maximum absolute atomic E-state index is 9.01. The van der Waals surface area contributed by atoms with Gasteiger partial charge in [-0.25, -0.2) is 4.98 Å². The van der Waals surface area contributed by atoms with Gasteiger partial charge in [-0.05, 0) is 13.0 Å². The van der Waals surface area contributed by atoms with Gasteiger partial charge in [0.25, 0.3) is 0 Å². The van der Waals surface area contributed by atoms with Gasteiger partial charge in [-0.2, -0.15) is 5.26 Å². The van der Waals surface area contributed by atoms with Gasteiger partial charge >= 0.3 is 0 Å². The van der Waals surface area contributed by atoms with E-state index in [-0.39, 0.29) is 0 Å². The van der Waals surface area contributed by atoms with E-state index < -0.39 is 0 Å². The number of methoxy groups -OCH3 is 1. The van der Waals surface area contributed by atoms with Crippen LogP contribution in [0, 0.1) is 11.3 Å². The molecule has 0 fully saturated rings. The third-order valence-corrected chi connectivity index (χ3v) is 2.25. The van der Waals surface area contributed by atoms with Crippen LogP contribution in [0.25, 0.3) is 0 Å². The van der Waals surface area contributed by atoms with Crippen molar-refractivity contribution in [2.75, 3.05) is 37.4 Å². The zero-order chi connectivity index (χ0) is 12.0. The number of ether oxygens (including phenoxy) is 1. The van der Waals surface area contributed by atoms with Crippen molar-refractivity contribution < 1.29 is 4.74 Å². The van der Waals surface area contributed by atoms with Crippen LogP contribution in [0.15, 0.2) is 12.3 Å². The SMILES string of the molecule is CCN(CCOC)c1ncc(N)cc1C#N. The number of nitriles is 1. The normalized spacial score (nSPS) is 9.81. The van der Waals surface area contributed by atoms with Crippen molar-refractivity contribution in [2.24, 2.45) is 0 Å². The molecule has 1 heterocycles. The molecule has 0 saturated carbocycles. The van der Waals surface area contributed by atoms with Gasteiger partial charge in [0, 0.05) is 20.2 Å². The zero-order valence-electron chi connectivity index (χ0n) is 9.60. The maximum Gasteiger partial charge on any atom is 0.146 e. The van der Waals surface area contributed by atoms with Crippen molar-refractivity contribution in [2.45, 2.75) is 6.92 Å². The molecule has 0 aliphatic rings. The van der Waals surface area contributed by atoms with Gasteiger partial charge in [0.15, 0.2) is 0 Å². The van der Waals surface area contributed by atoms with Crippen molar-refractivity contribution in [1.82, 2.24) is 4.98 Å². The molecule has 86 valence electrons. The van der Waals surface area contributed by atoms with E-state index in [4.69, 9.17) is 15.7 Å². The summed E-state index contributed by atoms with van der Waals surface area (Å²) in [6.45, 7) is 4.09. The topological polar surface area (TPSA) is 75.2 Å². The van der Waals surface area contributed by atoms with Gasteiger partial charge in [0.05, 0.1) is 24.1 Å². The molecule has 1 aromatic rings. The second kappa shape index (κ2) is 5.93. The number of pyridine rings is 1. The Morgan fingerprint density at radius 2 is 2.38 bits per heavy atom. The monoisotopic (exact) mass is 220 g/mol. The van der Waals surface area contributed by atoms with E-state index in [2.05, 4.69) is 11.1 Å². The molecule has 0 spiro atoms. The van der Waals surface area contributed by atoms with Gasteiger partial charge < -0.3 is 15.4 Å². The Labute approximate surface area is 95.4 Å². The quantitative estimate of drug-likeness (QED) is 0.801. The summed E-state index contributed by atoms with van der Waals surface area (Å²) in [7, 11) is 1.65. The number of aromatic nitrogens is 1. The smallest absolute Gasteiger partial charge is 0.146 e. The van der Waals surface area contributed by atoms with E-state index in [0.29, 0.717) is 30.2 Å². The summed E-state index contributed by atoms with van der Waals surface area (Å²) in [4.78, 5) is 6.18. The number of nitrogens with two attached hydrogens (primary N) is 1. The molecule has 0 radical (unpaired) electrons. The third kappa shape index (κ3) is 2.84. The van der Waals surface area contributed by atoms with Crippen LogP contribution in [0.2, 0.25) is 0 Å². The molecule has 1 aromatic heterocycles. The van der Waals surface area contributed by atoms with Crippen LogP contribution < -0.4 is 10.6 Å². The predicted molar refractivity (Wildman–Crippen MR) is 63.1 cm³/mol. The van der Waals surface area contributed by atoms with Crippen LogP contribution in [-0.2, 0) is 4.74 Å². The Morgan fingerprint density at radius 1 is 1.62 bits per heavy atom. The lowest BCUT2D eigenvalue weighted by atomic mass is 10.2. The van der Waals surface area contributed by atoms with Crippen LogP contribution in [0.3, 0.4) is 0 Å². The Morgan fingerprint density at radius 3 is 2.94 bits per heavy atom. The van der Waals surface area contributed by atoms with Crippen molar-refractivity contribution in [3.63, 3.8) is 0 Å². The number of hydrogen-bond donors (Lipinski definition) is 1. The highest BCUT2D eigenvalue weighted by molar-refractivity contribution is 5.58. The molecule has 0 aromatic carbocycles. The molecule has 0 saturated heterocycles. The van der Waals surface area contributed by atoms with Gasteiger partial charge in [0.1, 0.15) is 11.9 Å². The highest BCUT2D eigenvalue weighted by Crippen LogP contribution is 2.18. The van der Waals surface area contributed by atoms with Crippen molar-refractivity contribution in [3.05, 3.63) is 17.8 Å². The van der Waals surface area contributed by atoms with Crippen LogP contribution >= 0.6 is 0 Å². The molecule has 0 atom stereocenters. The van der Waals surface area contributed by atoms with E-state index in [9.17, 15) is 0 Å². The minimum atomic E-state index is 0.498. The fraction of sp³-hybridized carbons (Fsp3) is 0.455. The van der Waals surface area contributed by atoms with E-state index in [1.807, 2.05) is 11.8 Å². The molecule has 0 unspecified atom stereocenters. The van der Waals surface area contributed by atoms with Crippen LogP contribution in [0.5, 0.6) is 0 Å². The molecule has 0 bridgehead atoms. The van der Waals surface area contributed by atoms with Gasteiger partial charge in [-0.15, -0.1) is 0 Å². The largest absolute Gasteiger partial charge is 0.397 e. The summed E-state index contributed by atoms with van der Waals surface area (Å²) in [6.07, 6.45) is 1.56. The summed E-state index contributed by atoms with van der Waals surface area (Å²) in [5, 5.41) is 9.01. The molecule has 0 amide bonds. The first kappa shape index (κ1) is 12.3. The molecular formula is C11H16N4O. The van der Waals surface area contributed by atoms with E-state index in [1.165, 1.54) is 0 Å². The zero-order valence-corrected chi connectivity index (χ0v) is 9.60. The minimum Gasteiger partial charge on any atom is -0.397 e. The molecule has 1 rings (SSSR count). The molecule has 0 aliphatic heterocycles. The summed E-state index contributed by atoms with van der Waals surface area (Å²) in [5.74, 6) is 0.663. The molecule has 16 heavy (non-hydrogen) atoms. The lowest BCUT2D eigenvalue weighted by molar-refractivity contribution is 0.205. The van der Waals surface area contributed by atoms with Gasteiger partial charge in [-0.1, -0.05) is 0 Å². The summed E-state index contributed by atoms with van der Waals surface area (Å²) in [5.41, 5.74) is 6.59. The Balaban J connectivity index is 2.96. The van der Waals surface area contributed by atoms with Crippen LogP contribution in [0.4, 0.5) is 11.5 Å². The Hall–Kier alpha value is -1.80. The first-order chi connectivity index (χ1) is 7.72. The standard InChI is InChI=1S/C11H16N4O/c1-3-15(4-5-16-2)11-9(7-12)6-10(13)8-14-11/h6,8H,3-5,13H2,1-2H3. The predicted octanol–water partition coefficient (Wildman–Crippen LogP) is 1.01. The molecule has 2 N–H and O–H groups in total. The number of nitrogen functional groups attached to an aromatic ring is 1. The first-order valence-corrected chi connectivity index (χ1v) is 5.12. The molecular weight excluding hydrogens is 204 g/mol. The van der Waals surface area contributed by atoms with E-state index in [0.717, 1.165) is 6.54 Å². The summed E-state index contributed by atoms with van der Waals surface area (Å²) in [6, 6.07) is 3.74. The van der Waals surface area contributed by atoms with E-state index >= 15 is 0 Å². The number of anilines is 2. The van der Waals surface area contributed by atoms with Crippen molar-refractivity contribution >= 4 is 11.5 Å². The van der Waals surface area contributed by atoms with Crippen LogP contribution in [-0.4, -0.2) is 31.8 Å². The number of hydrogen-bond acceptors (Lipinski definition) is 5. The Kier molecular flexibility index (Phi) is 4.55. The maximum atomic E-state index is 9.01. The Bertz CT molecular complexity index is 386. The molecule has 0 aliphatic carbocycles. The average Bonchev–Trinajstić information content (AvgIpc) is 2.31. The van der Waals surface area contributed by atoms with Gasteiger partial charge in [-0.3, -0.25) is 0 Å². The molecule has 5 nitrogen and oxygen atoms in total. The fourth-order valence-electron chi connectivity index (χ4n) is 1.42. The van der Waals surface area contributed by atoms with Crippen molar-refractivity contribution in [3.8, 4) is 6.07 Å². The average molecular weight is 220 g/mol. The van der Waals surface area contributed by atoms with Gasteiger partial charge in [0.2, 0.25) is 0 Å². The second-order valence-corrected chi connectivity index (χ2v) is 3.32. The summed E-state index contributed by atoms with van der Waals surface area (Å²) < 4.78 is 5.02. The fourth-order valence-corrected chi connectivity index (χ4v) is 1.42. The number of nitrogens with zero attached hydrogens (tertiary/aromatic N) is 3. The third-order valence-electron chi connectivity index (χ3n) is 2.25. The highest BCUT2D eigenvalue weighted by atomic mass is 16.5. The highest BCUT2D eigenvalue weighted by Gasteiger charge is 2.11. The number of likely N-dealkylation sites (N-methyl/N-ethyl adjacent to an activating group) is 1. The lowest BCUT2D eigenvalue weighted by Gasteiger charge is -2.22. The lowest BCUT2D eigenvalue weighted by Crippen LogP contribution is -2.28. The van der Waals surface area contributed by atoms with E-state index in [1.54, 1.807) is 19.4 Å². The summed E-state index contributed by atoms with van der Waals surface area (Å²) >= 11 is 0. The van der Waals surface area contributed by atoms with Crippen LogP contribution in [0.1, 0.15) is 12.5 Å². The minimum absolute atomic E-state index is 0.498. The molecule has 5 heteroatoms. The van der Waals surface area contributed by atoms with Crippen molar-refractivity contribution in [1.29, 1.82) is 5.26 Å². The second-order valence-electron chi connectivity index (χ2n) is 3.32.